The molecule has 4 heteroatoms. The molecule has 62 valence electrons. The van der Waals surface area contributed by atoms with E-state index in [4.69, 9.17) is 5.21 Å². The van der Waals surface area contributed by atoms with Crippen molar-refractivity contribution >= 4 is 5.97 Å². The number of hydrogen-bond acceptors (Lipinski definition) is 4. The molecule has 0 radical (unpaired) electrons. The van der Waals surface area contributed by atoms with Crippen LogP contribution in [0.15, 0.2) is 12.2 Å². The van der Waals surface area contributed by atoms with E-state index in [1.54, 1.807) is 0 Å². The molecule has 0 spiro atoms. The summed E-state index contributed by atoms with van der Waals surface area (Å²) in [6, 6.07) is -0.549. The molecule has 0 saturated carbocycles. The zero-order valence-corrected chi connectivity index (χ0v) is 6.41. The van der Waals surface area contributed by atoms with Crippen LogP contribution in [0.1, 0.15) is 6.42 Å². The van der Waals surface area contributed by atoms with E-state index in [1.807, 2.05) is 0 Å². The number of nitrogens with zero attached hydrogens (tertiary/aromatic N) is 1. The fourth-order valence-corrected chi connectivity index (χ4v) is 1.12. The first-order valence-corrected chi connectivity index (χ1v) is 3.35. The minimum Gasteiger partial charge on any atom is -0.468 e. The zero-order chi connectivity index (χ0) is 8.43. The molecule has 0 aromatic rings. The molecule has 1 aliphatic heterocycles. The first-order valence-electron chi connectivity index (χ1n) is 3.35. The SMILES string of the molecule is C=C1CC(C(=O)OC)N(O)C1. The van der Waals surface area contributed by atoms with Crippen LogP contribution in [0.4, 0.5) is 0 Å². The first kappa shape index (κ1) is 8.23. The maximum atomic E-state index is 10.9. The molecule has 1 aliphatic rings. The second kappa shape index (κ2) is 3.02. The van der Waals surface area contributed by atoms with Crippen molar-refractivity contribution in [3.8, 4) is 0 Å². The average Bonchev–Trinajstić information content (AvgIpc) is 2.28. The topological polar surface area (TPSA) is 49.8 Å². The number of hydroxylamine groups is 2. The summed E-state index contributed by atoms with van der Waals surface area (Å²) in [6.07, 6.45) is 0.489. The molecule has 0 bridgehead atoms. The molecule has 4 nitrogen and oxygen atoms in total. The lowest BCUT2D eigenvalue weighted by Gasteiger charge is -2.13. The van der Waals surface area contributed by atoms with Crippen molar-refractivity contribution in [2.45, 2.75) is 12.5 Å². The van der Waals surface area contributed by atoms with E-state index in [1.165, 1.54) is 7.11 Å². The Bertz CT molecular complexity index is 190. The summed E-state index contributed by atoms with van der Waals surface area (Å²) in [5, 5.41) is 10.1. The Morgan fingerprint density at radius 1 is 1.91 bits per heavy atom. The third-order valence-electron chi connectivity index (χ3n) is 1.70. The predicted molar refractivity (Wildman–Crippen MR) is 38.1 cm³/mol. The van der Waals surface area contributed by atoms with Gasteiger partial charge in [-0.05, 0) is 6.42 Å². The second-order valence-electron chi connectivity index (χ2n) is 2.59. The average molecular weight is 157 g/mol. The number of carbonyl (C=O) groups excluding carboxylic acids is 1. The Morgan fingerprint density at radius 3 is 2.91 bits per heavy atom. The highest BCUT2D eigenvalue weighted by atomic mass is 16.5. The highest BCUT2D eigenvalue weighted by Crippen LogP contribution is 2.19. The molecule has 0 amide bonds. The van der Waals surface area contributed by atoms with Crippen molar-refractivity contribution in [2.24, 2.45) is 0 Å². The largest absolute Gasteiger partial charge is 0.468 e. The molecule has 11 heavy (non-hydrogen) atoms. The number of ether oxygens (including phenoxy) is 1. The molecule has 1 fully saturated rings. The molecule has 1 rings (SSSR count). The second-order valence-corrected chi connectivity index (χ2v) is 2.59. The lowest BCUT2D eigenvalue weighted by atomic mass is 10.2. The van der Waals surface area contributed by atoms with Gasteiger partial charge in [0.1, 0.15) is 6.04 Å². The minimum absolute atomic E-state index is 0.361. The van der Waals surface area contributed by atoms with Crippen LogP contribution in [0, 0.1) is 0 Å². The van der Waals surface area contributed by atoms with Gasteiger partial charge in [0.25, 0.3) is 0 Å². The number of esters is 1. The van der Waals surface area contributed by atoms with E-state index < -0.39 is 12.0 Å². The van der Waals surface area contributed by atoms with Gasteiger partial charge in [-0.15, -0.1) is 0 Å². The quantitative estimate of drug-likeness (QED) is 0.435. The van der Waals surface area contributed by atoms with Crippen LogP contribution in [0.5, 0.6) is 0 Å². The highest BCUT2D eigenvalue weighted by Gasteiger charge is 2.32. The summed E-state index contributed by atoms with van der Waals surface area (Å²) >= 11 is 0. The normalized spacial score (nSPS) is 25.6. The Morgan fingerprint density at radius 2 is 2.55 bits per heavy atom. The van der Waals surface area contributed by atoms with Gasteiger partial charge in [-0.1, -0.05) is 12.2 Å². The Balaban J connectivity index is 2.59. The van der Waals surface area contributed by atoms with Crippen LogP contribution in [0.3, 0.4) is 0 Å². The Kier molecular flexibility index (Phi) is 2.26. The van der Waals surface area contributed by atoms with Crippen LogP contribution in [0.25, 0.3) is 0 Å². The fourth-order valence-electron chi connectivity index (χ4n) is 1.12. The van der Waals surface area contributed by atoms with Crippen LogP contribution in [0.2, 0.25) is 0 Å². The van der Waals surface area contributed by atoms with Gasteiger partial charge in [0, 0.05) is 6.54 Å². The molecule has 0 aromatic carbocycles. The molecule has 1 atom stereocenters. The molecular formula is C7H11NO3. The summed E-state index contributed by atoms with van der Waals surface area (Å²) in [5.41, 5.74) is 0.850. The maximum Gasteiger partial charge on any atom is 0.325 e. The fraction of sp³-hybridized carbons (Fsp3) is 0.571. The van der Waals surface area contributed by atoms with E-state index in [0.717, 1.165) is 10.6 Å². The minimum atomic E-state index is -0.549. The molecule has 0 aliphatic carbocycles. The third kappa shape index (κ3) is 1.58. The highest BCUT2D eigenvalue weighted by molar-refractivity contribution is 5.76. The molecule has 1 heterocycles. The van der Waals surface area contributed by atoms with Gasteiger partial charge in [-0.25, -0.2) is 0 Å². The first-order chi connectivity index (χ1) is 5.15. The smallest absolute Gasteiger partial charge is 0.325 e. The van der Waals surface area contributed by atoms with Gasteiger partial charge >= 0.3 is 5.97 Å². The molecule has 0 aromatic heterocycles. The molecule has 1 N–H and O–H groups in total. The van der Waals surface area contributed by atoms with Crippen LogP contribution < -0.4 is 0 Å². The van der Waals surface area contributed by atoms with Crippen molar-refractivity contribution in [3.05, 3.63) is 12.2 Å². The zero-order valence-electron chi connectivity index (χ0n) is 6.41. The number of methoxy groups -OCH3 is 1. The number of carbonyl (C=O) groups is 1. The number of hydrogen-bond donors (Lipinski definition) is 1. The van der Waals surface area contributed by atoms with Crippen molar-refractivity contribution in [2.75, 3.05) is 13.7 Å². The van der Waals surface area contributed by atoms with E-state index >= 15 is 0 Å². The maximum absolute atomic E-state index is 10.9. The Hall–Kier alpha value is -0.870. The summed E-state index contributed by atoms with van der Waals surface area (Å²) < 4.78 is 4.47. The van der Waals surface area contributed by atoms with Gasteiger partial charge in [-0.3, -0.25) is 4.79 Å². The van der Waals surface area contributed by atoms with E-state index in [-0.39, 0.29) is 0 Å². The van der Waals surface area contributed by atoms with Crippen LogP contribution >= 0.6 is 0 Å². The van der Waals surface area contributed by atoms with Crippen LogP contribution in [-0.2, 0) is 9.53 Å². The molecular weight excluding hydrogens is 146 g/mol. The van der Waals surface area contributed by atoms with Crippen molar-refractivity contribution in [1.29, 1.82) is 0 Å². The number of rotatable bonds is 1. The van der Waals surface area contributed by atoms with Crippen LogP contribution in [-0.4, -0.2) is 35.9 Å². The summed E-state index contributed by atoms with van der Waals surface area (Å²) in [5.74, 6) is -0.411. The lowest BCUT2D eigenvalue weighted by molar-refractivity contribution is -0.164. The monoisotopic (exact) mass is 157 g/mol. The van der Waals surface area contributed by atoms with Crippen molar-refractivity contribution < 1.29 is 14.7 Å². The van der Waals surface area contributed by atoms with Gasteiger partial charge in [-0.2, -0.15) is 5.06 Å². The van der Waals surface area contributed by atoms with Crippen molar-refractivity contribution in [3.63, 3.8) is 0 Å². The van der Waals surface area contributed by atoms with E-state index in [2.05, 4.69) is 11.3 Å². The van der Waals surface area contributed by atoms with E-state index in [0.29, 0.717) is 13.0 Å². The lowest BCUT2D eigenvalue weighted by Crippen LogP contribution is -2.34. The summed E-state index contributed by atoms with van der Waals surface area (Å²) in [4.78, 5) is 10.9. The molecule has 1 saturated heterocycles. The van der Waals surface area contributed by atoms with Gasteiger partial charge in [0.15, 0.2) is 0 Å². The Labute approximate surface area is 65.0 Å². The predicted octanol–water partition coefficient (Wildman–Crippen LogP) is 0.179. The standard InChI is InChI=1S/C7H11NO3/c1-5-3-6(7(9)11-2)8(10)4-5/h6,10H,1,3-4H2,2H3. The summed E-state index contributed by atoms with van der Waals surface area (Å²) in [6.45, 7) is 4.02. The van der Waals surface area contributed by atoms with Gasteiger partial charge < -0.3 is 9.94 Å². The van der Waals surface area contributed by atoms with E-state index in [9.17, 15) is 4.79 Å². The summed E-state index contributed by atoms with van der Waals surface area (Å²) in [7, 11) is 1.30. The third-order valence-corrected chi connectivity index (χ3v) is 1.70. The van der Waals surface area contributed by atoms with Gasteiger partial charge in [0.2, 0.25) is 0 Å². The molecule has 1 unspecified atom stereocenters. The van der Waals surface area contributed by atoms with Gasteiger partial charge in [0.05, 0.1) is 7.11 Å². The van der Waals surface area contributed by atoms with Crippen molar-refractivity contribution in [1.82, 2.24) is 5.06 Å².